The molecular formula is C25H28N2O3S. The van der Waals surface area contributed by atoms with E-state index in [1.165, 1.54) is 16.1 Å². The Hall–Kier alpha value is -3.12. The topological polar surface area (TPSA) is 66.5 Å². The molecule has 3 aromatic rings. The van der Waals surface area contributed by atoms with Crippen LogP contribution in [0.4, 0.5) is 11.4 Å². The number of carbonyl (C=O) groups is 1. The molecule has 0 aliphatic carbocycles. The average Bonchev–Trinajstić information content (AvgIpc) is 2.67. The van der Waals surface area contributed by atoms with E-state index in [4.69, 9.17) is 0 Å². The highest BCUT2D eigenvalue weighted by atomic mass is 32.2. The number of amides is 1. The number of nitrogens with one attached hydrogen (secondary N) is 1. The summed E-state index contributed by atoms with van der Waals surface area (Å²) >= 11 is 0. The van der Waals surface area contributed by atoms with Crippen LogP contribution in [-0.4, -0.2) is 20.6 Å². The van der Waals surface area contributed by atoms with E-state index in [9.17, 15) is 13.2 Å². The molecule has 0 unspecified atom stereocenters. The molecule has 0 fully saturated rings. The minimum absolute atomic E-state index is 0.195. The van der Waals surface area contributed by atoms with Gasteiger partial charge in [-0.2, -0.15) is 0 Å². The second-order valence-electron chi connectivity index (χ2n) is 8.07. The zero-order valence-electron chi connectivity index (χ0n) is 18.6. The van der Waals surface area contributed by atoms with Gasteiger partial charge in [-0.05, 0) is 91.9 Å². The Kier molecular flexibility index (Phi) is 6.51. The summed E-state index contributed by atoms with van der Waals surface area (Å²) in [4.78, 5) is 12.6. The monoisotopic (exact) mass is 436 g/mol. The first-order valence-electron chi connectivity index (χ1n) is 10.1. The van der Waals surface area contributed by atoms with Gasteiger partial charge in [-0.15, -0.1) is 0 Å². The first-order chi connectivity index (χ1) is 14.5. The minimum Gasteiger partial charge on any atom is -0.322 e. The molecule has 6 heteroatoms. The van der Waals surface area contributed by atoms with Gasteiger partial charge in [0.15, 0.2) is 0 Å². The van der Waals surface area contributed by atoms with Crippen LogP contribution in [0.1, 0.15) is 38.2 Å². The molecule has 0 heterocycles. The second kappa shape index (κ2) is 8.94. The van der Waals surface area contributed by atoms with Crippen molar-refractivity contribution in [3.05, 3.63) is 94.0 Å². The number of hydrogen-bond acceptors (Lipinski definition) is 3. The second-order valence-corrected chi connectivity index (χ2v) is 9.97. The predicted molar refractivity (Wildman–Crippen MR) is 127 cm³/mol. The summed E-state index contributed by atoms with van der Waals surface area (Å²) in [5.74, 6) is -0.205. The van der Waals surface area contributed by atoms with Gasteiger partial charge in [-0.3, -0.25) is 9.10 Å². The molecule has 3 aromatic carbocycles. The first-order valence-corrected chi connectivity index (χ1v) is 11.9. The van der Waals surface area contributed by atoms with Gasteiger partial charge in [0.1, 0.15) is 0 Å². The maximum atomic E-state index is 12.6. The average molecular weight is 437 g/mol. The lowest BCUT2D eigenvalue weighted by Gasteiger charge is -2.23. The molecule has 0 aliphatic rings. The molecule has 1 amide bonds. The minimum atomic E-state index is -3.47. The molecule has 5 nitrogen and oxygen atoms in total. The van der Waals surface area contributed by atoms with Gasteiger partial charge in [0.05, 0.1) is 18.5 Å². The normalized spacial score (nSPS) is 11.3. The van der Waals surface area contributed by atoms with E-state index in [1.54, 1.807) is 24.3 Å². The molecule has 0 spiro atoms. The van der Waals surface area contributed by atoms with Crippen molar-refractivity contribution >= 4 is 27.3 Å². The number of rotatable bonds is 6. The van der Waals surface area contributed by atoms with E-state index in [-0.39, 0.29) is 12.5 Å². The van der Waals surface area contributed by atoms with Crippen molar-refractivity contribution < 1.29 is 13.2 Å². The van der Waals surface area contributed by atoms with Crippen molar-refractivity contribution in [1.29, 1.82) is 0 Å². The van der Waals surface area contributed by atoms with Gasteiger partial charge in [0, 0.05) is 11.3 Å². The van der Waals surface area contributed by atoms with Crippen LogP contribution in [0.15, 0.2) is 60.7 Å². The molecule has 0 aliphatic heterocycles. The number of anilines is 2. The summed E-state index contributed by atoms with van der Waals surface area (Å²) in [5, 5.41) is 2.90. The van der Waals surface area contributed by atoms with Crippen molar-refractivity contribution in [2.45, 2.75) is 34.2 Å². The van der Waals surface area contributed by atoms with Crippen molar-refractivity contribution in [2.75, 3.05) is 15.9 Å². The van der Waals surface area contributed by atoms with Crippen molar-refractivity contribution in [1.82, 2.24) is 0 Å². The standard InChI is InChI=1S/C25H28N2O3S/c1-17-12-18(2)14-24(13-17)27(31(5,29)30)16-21-7-9-22(10-8-21)25(28)26-23-11-6-19(3)20(4)15-23/h6-15H,16H2,1-5H3,(H,26,28). The quantitative estimate of drug-likeness (QED) is 0.582. The van der Waals surface area contributed by atoms with Crippen molar-refractivity contribution in [3.8, 4) is 0 Å². The Morgan fingerprint density at radius 2 is 1.45 bits per heavy atom. The lowest BCUT2D eigenvalue weighted by molar-refractivity contribution is 0.102. The van der Waals surface area contributed by atoms with Gasteiger partial charge in [0.25, 0.3) is 5.91 Å². The van der Waals surface area contributed by atoms with Crippen LogP contribution in [0.3, 0.4) is 0 Å². The maximum absolute atomic E-state index is 12.6. The number of carbonyl (C=O) groups excluding carboxylic acids is 1. The fourth-order valence-corrected chi connectivity index (χ4v) is 4.32. The molecular weight excluding hydrogens is 408 g/mol. The van der Waals surface area contributed by atoms with Crippen LogP contribution in [0.2, 0.25) is 0 Å². The molecule has 1 N–H and O–H groups in total. The van der Waals surface area contributed by atoms with Crippen LogP contribution in [0.5, 0.6) is 0 Å². The number of nitrogens with zero attached hydrogens (tertiary/aromatic N) is 1. The molecule has 31 heavy (non-hydrogen) atoms. The lowest BCUT2D eigenvalue weighted by Crippen LogP contribution is -2.29. The summed E-state index contributed by atoms with van der Waals surface area (Å²) in [6.07, 6.45) is 1.20. The van der Waals surface area contributed by atoms with Crippen LogP contribution >= 0.6 is 0 Å². The zero-order chi connectivity index (χ0) is 22.8. The summed E-state index contributed by atoms with van der Waals surface area (Å²) < 4.78 is 26.3. The van der Waals surface area contributed by atoms with Gasteiger partial charge in [-0.1, -0.05) is 24.3 Å². The van der Waals surface area contributed by atoms with Crippen LogP contribution < -0.4 is 9.62 Å². The van der Waals surface area contributed by atoms with Gasteiger partial charge in [-0.25, -0.2) is 8.42 Å². The summed E-state index contributed by atoms with van der Waals surface area (Å²) in [7, 11) is -3.47. The van der Waals surface area contributed by atoms with E-state index in [2.05, 4.69) is 5.32 Å². The molecule has 0 saturated heterocycles. The van der Waals surface area contributed by atoms with E-state index in [0.717, 1.165) is 27.9 Å². The molecule has 0 bridgehead atoms. The zero-order valence-corrected chi connectivity index (χ0v) is 19.4. The lowest BCUT2D eigenvalue weighted by atomic mass is 10.1. The summed E-state index contributed by atoms with van der Waals surface area (Å²) in [6, 6.07) is 18.5. The van der Waals surface area contributed by atoms with Gasteiger partial charge < -0.3 is 5.32 Å². The third kappa shape index (κ3) is 5.73. The third-order valence-electron chi connectivity index (χ3n) is 5.20. The molecule has 162 valence electrons. The highest BCUT2D eigenvalue weighted by molar-refractivity contribution is 7.92. The van der Waals surface area contributed by atoms with Gasteiger partial charge >= 0.3 is 0 Å². The highest BCUT2D eigenvalue weighted by Gasteiger charge is 2.19. The SMILES string of the molecule is Cc1cc(C)cc(N(Cc2ccc(C(=O)Nc3ccc(C)c(C)c3)cc2)S(C)(=O)=O)c1. The van der Waals surface area contributed by atoms with Crippen LogP contribution in [0.25, 0.3) is 0 Å². The fourth-order valence-electron chi connectivity index (χ4n) is 3.44. The molecule has 0 saturated carbocycles. The largest absolute Gasteiger partial charge is 0.322 e. The Labute approximate surface area is 184 Å². The third-order valence-corrected chi connectivity index (χ3v) is 6.34. The first kappa shape index (κ1) is 22.6. The van der Waals surface area contributed by atoms with E-state index in [1.807, 2.05) is 64.1 Å². The summed E-state index contributed by atoms with van der Waals surface area (Å²) in [6.45, 7) is 8.11. The van der Waals surface area contributed by atoms with E-state index >= 15 is 0 Å². The van der Waals surface area contributed by atoms with Crippen molar-refractivity contribution in [2.24, 2.45) is 0 Å². The molecule has 0 aromatic heterocycles. The number of aryl methyl sites for hydroxylation is 4. The smallest absolute Gasteiger partial charge is 0.255 e. The van der Waals surface area contributed by atoms with Crippen molar-refractivity contribution in [3.63, 3.8) is 0 Å². The molecule has 0 atom stereocenters. The number of benzene rings is 3. The summed E-state index contributed by atoms with van der Waals surface area (Å²) in [5.41, 5.74) is 6.98. The Morgan fingerprint density at radius 1 is 0.839 bits per heavy atom. The predicted octanol–water partition coefficient (Wildman–Crippen LogP) is 5.14. The Bertz CT molecular complexity index is 1200. The van der Waals surface area contributed by atoms with Gasteiger partial charge in [0.2, 0.25) is 10.0 Å². The van der Waals surface area contributed by atoms with E-state index in [0.29, 0.717) is 11.3 Å². The molecule has 0 radical (unpaired) electrons. The van der Waals surface area contributed by atoms with Crippen LogP contribution in [0, 0.1) is 27.7 Å². The maximum Gasteiger partial charge on any atom is 0.255 e. The fraction of sp³-hybridized carbons (Fsp3) is 0.240. The Morgan fingerprint density at radius 3 is 2.00 bits per heavy atom. The highest BCUT2D eigenvalue weighted by Crippen LogP contribution is 2.24. The molecule has 3 rings (SSSR count). The van der Waals surface area contributed by atoms with Crippen LogP contribution in [-0.2, 0) is 16.6 Å². The number of sulfonamides is 1. The Balaban J connectivity index is 1.79. The van der Waals surface area contributed by atoms with E-state index < -0.39 is 10.0 Å². The number of hydrogen-bond donors (Lipinski definition) is 1.